The predicted molar refractivity (Wildman–Crippen MR) is 124 cm³/mol. The first kappa shape index (κ1) is 23.1. The fraction of sp³-hybridized carbons (Fsp3) is 0.304. The van der Waals surface area contributed by atoms with Crippen molar-refractivity contribution in [1.29, 1.82) is 0 Å². The highest BCUT2D eigenvalue weighted by Gasteiger charge is 2.21. The summed E-state index contributed by atoms with van der Waals surface area (Å²) in [4.78, 5) is 0.286. The highest BCUT2D eigenvalue weighted by molar-refractivity contribution is 7.99. The van der Waals surface area contributed by atoms with Gasteiger partial charge in [-0.3, -0.25) is 0 Å². The lowest BCUT2D eigenvalue weighted by molar-refractivity contribution is 0.318. The van der Waals surface area contributed by atoms with Crippen molar-refractivity contribution < 1.29 is 13.2 Å². The molecule has 0 N–H and O–H groups in total. The van der Waals surface area contributed by atoms with Crippen molar-refractivity contribution in [2.75, 3.05) is 12.4 Å². The summed E-state index contributed by atoms with van der Waals surface area (Å²) in [7, 11) is -3.51. The quantitative estimate of drug-likeness (QED) is 0.238. The van der Waals surface area contributed by atoms with Crippen LogP contribution in [0.3, 0.4) is 0 Å². The fourth-order valence-electron chi connectivity index (χ4n) is 2.89. The molecule has 3 rings (SSSR count). The molecule has 0 amide bonds. The van der Waals surface area contributed by atoms with Crippen LogP contribution in [0.4, 0.5) is 0 Å². The topological polar surface area (TPSA) is 74.1 Å². The minimum atomic E-state index is -3.51. The maximum absolute atomic E-state index is 12.8. The van der Waals surface area contributed by atoms with E-state index in [4.69, 9.17) is 4.74 Å². The molecule has 0 aliphatic rings. The third-order valence-electron chi connectivity index (χ3n) is 4.61. The zero-order chi connectivity index (χ0) is 22.3. The van der Waals surface area contributed by atoms with E-state index in [2.05, 4.69) is 16.8 Å². The molecule has 164 valence electrons. The lowest BCUT2D eigenvalue weighted by atomic mass is 10.2. The van der Waals surface area contributed by atoms with E-state index >= 15 is 0 Å². The van der Waals surface area contributed by atoms with E-state index in [1.54, 1.807) is 30.3 Å². The molecule has 3 aromatic rings. The number of ether oxygens (including phenoxy) is 1. The van der Waals surface area contributed by atoms with Gasteiger partial charge in [0.25, 0.3) is 0 Å². The summed E-state index contributed by atoms with van der Waals surface area (Å²) in [6, 6.07) is 14.8. The van der Waals surface area contributed by atoms with Crippen LogP contribution >= 0.6 is 11.8 Å². The van der Waals surface area contributed by atoms with E-state index in [0.717, 1.165) is 23.5 Å². The van der Waals surface area contributed by atoms with Gasteiger partial charge in [0.2, 0.25) is 0 Å². The number of hydrogen-bond donors (Lipinski definition) is 0. The Morgan fingerprint density at radius 3 is 2.32 bits per heavy atom. The molecule has 0 aliphatic heterocycles. The Morgan fingerprint density at radius 2 is 1.68 bits per heavy atom. The maximum atomic E-state index is 12.8. The summed E-state index contributed by atoms with van der Waals surface area (Å²) >= 11 is 1.54. The molecule has 1 heterocycles. The van der Waals surface area contributed by atoms with E-state index in [-0.39, 0.29) is 10.6 Å². The monoisotopic (exact) mass is 457 g/mol. The second-order valence-corrected chi connectivity index (χ2v) is 10.3. The van der Waals surface area contributed by atoms with Crippen LogP contribution in [0.5, 0.6) is 5.75 Å². The first-order chi connectivity index (χ1) is 14.9. The predicted octanol–water partition coefficient (Wildman–Crippen LogP) is 4.62. The number of thioether (sulfide) groups is 1. The van der Waals surface area contributed by atoms with Crippen LogP contribution in [0.15, 0.2) is 71.2 Å². The Morgan fingerprint density at radius 1 is 1.03 bits per heavy atom. The Labute approximate surface area is 188 Å². The molecule has 0 bridgehead atoms. The largest absolute Gasteiger partial charge is 0.494 e. The number of sulfone groups is 1. The van der Waals surface area contributed by atoms with Crippen LogP contribution in [-0.2, 0) is 22.1 Å². The molecule has 6 nitrogen and oxygen atoms in total. The lowest BCUT2D eigenvalue weighted by Crippen LogP contribution is -2.11. The number of rotatable bonds is 11. The van der Waals surface area contributed by atoms with Gasteiger partial charge in [-0.15, -0.1) is 16.8 Å². The van der Waals surface area contributed by atoms with Crippen LogP contribution in [-0.4, -0.2) is 35.5 Å². The van der Waals surface area contributed by atoms with Crippen LogP contribution in [0.1, 0.15) is 23.4 Å². The van der Waals surface area contributed by atoms with Crippen molar-refractivity contribution >= 4 is 21.6 Å². The number of aryl methyl sites for hydroxylation is 2. The molecule has 0 fully saturated rings. The van der Waals surface area contributed by atoms with E-state index in [9.17, 15) is 8.42 Å². The number of benzene rings is 2. The van der Waals surface area contributed by atoms with Gasteiger partial charge >= 0.3 is 0 Å². The van der Waals surface area contributed by atoms with Crippen LogP contribution in [0.2, 0.25) is 0 Å². The zero-order valence-corrected chi connectivity index (χ0v) is 19.5. The standard InChI is InChI=1S/C23H27N3O3S2/c1-4-14-26-22(17-31(27,28)21-12-8-19(3)9-13-21)24-25-23(26)30-16-5-15-29-20-10-6-18(2)7-11-20/h4,6-13H,1,5,14-17H2,2-3H3. The molecule has 0 saturated carbocycles. The normalized spacial score (nSPS) is 11.4. The molecular weight excluding hydrogens is 430 g/mol. The molecule has 0 atom stereocenters. The Hall–Kier alpha value is -2.58. The summed E-state index contributed by atoms with van der Waals surface area (Å²) in [6.45, 7) is 8.79. The number of aromatic nitrogens is 3. The van der Waals surface area contributed by atoms with Gasteiger partial charge < -0.3 is 9.30 Å². The van der Waals surface area contributed by atoms with Gasteiger partial charge in [-0.25, -0.2) is 8.42 Å². The van der Waals surface area contributed by atoms with Crippen molar-refractivity contribution in [3.8, 4) is 5.75 Å². The molecular formula is C23H27N3O3S2. The summed E-state index contributed by atoms with van der Waals surface area (Å²) in [5.41, 5.74) is 2.21. The van der Waals surface area contributed by atoms with Crippen LogP contribution in [0.25, 0.3) is 0 Å². The smallest absolute Gasteiger partial charge is 0.191 e. The van der Waals surface area contributed by atoms with Gasteiger partial charge in [-0.05, 0) is 44.5 Å². The minimum Gasteiger partial charge on any atom is -0.494 e. The van der Waals surface area contributed by atoms with Gasteiger partial charge in [-0.2, -0.15) is 0 Å². The summed E-state index contributed by atoms with van der Waals surface area (Å²) in [5, 5.41) is 9.05. The molecule has 1 aromatic heterocycles. The minimum absolute atomic E-state index is 0.200. The molecule has 0 spiro atoms. The summed E-state index contributed by atoms with van der Waals surface area (Å²) in [6.07, 6.45) is 2.55. The first-order valence-corrected chi connectivity index (χ1v) is 12.7. The summed E-state index contributed by atoms with van der Waals surface area (Å²) in [5.74, 6) is 1.85. The third-order valence-corrected chi connectivity index (χ3v) is 7.30. The Bertz CT molecular complexity index is 1110. The highest BCUT2D eigenvalue weighted by Crippen LogP contribution is 2.22. The lowest BCUT2D eigenvalue weighted by Gasteiger charge is -2.09. The first-order valence-electron chi connectivity index (χ1n) is 10.0. The van der Waals surface area contributed by atoms with Gasteiger partial charge in [0, 0.05) is 12.3 Å². The van der Waals surface area contributed by atoms with Crippen molar-refractivity contribution in [3.63, 3.8) is 0 Å². The van der Waals surface area contributed by atoms with Gasteiger partial charge in [-0.1, -0.05) is 53.2 Å². The molecule has 31 heavy (non-hydrogen) atoms. The number of allylic oxidation sites excluding steroid dienone is 1. The van der Waals surface area contributed by atoms with Gasteiger partial charge in [0.1, 0.15) is 17.3 Å². The Balaban J connectivity index is 1.59. The van der Waals surface area contributed by atoms with E-state index < -0.39 is 9.84 Å². The zero-order valence-electron chi connectivity index (χ0n) is 17.8. The van der Waals surface area contributed by atoms with Gasteiger partial charge in [0.15, 0.2) is 15.0 Å². The maximum Gasteiger partial charge on any atom is 0.191 e. The molecule has 0 aliphatic carbocycles. The van der Waals surface area contributed by atoms with Crippen molar-refractivity contribution in [1.82, 2.24) is 14.8 Å². The van der Waals surface area contributed by atoms with Gasteiger partial charge in [0.05, 0.1) is 11.5 Å². The van der Waals surface area contributed by atoms with Crippen molar-refractivity contribution in [3.05, 3.63) is 78.1 Å². The van der Waals surface area contributed by atoms with Crippen molar-refractivity contribution in [2.45, 2.75) is 42.6 Å². The second-order valence-electron chi connectivity index (χ2n) is 7.23. The Kier molecular flexibility index (Phi) is 7.92. The molecule has 8 heteroatoms. The van der Waals surface area contributed by atoms with E-state index in [0.29, 0.717) is 24.1 Å². The second kappa shape index (κ2) is 10.6. The van der Waals surface area contributed by atoms with E-state index in [1.165, 1.54) is 17.3 Å². The van der Waals surface area contributed by atoms with Crippen LogP contribution in [0, 0.1) is 13.8 Å². The summed E-state index contributed by atoms with van der Waals surface area (Å²) < 4.78 is 33.2. The SMILES string of the molecule is C=CCn1c(CS(=O)(=O)c2ccc(C)cc2)nnc1SCCCOc1ccc(C)cc1. The van der Waals surface area contributed by atoms with E-state index in [1.807, 2.05) is 42.7 Å². The van der Waals surface area contributed by atoms with Crippen LogP contribution < -0.4 is 4.74 Å². The third kappa shape index (κ3) is 6.45. The molecule has 0 unspecified atom stereocenters. The fourth-order valence-corrected chi connectivity index (χ4v) is 5.04. The number of nitrogens with zero attached hydrogens (tertiary/aromatic N) is 3. The average Bonchev–Trinajstić information content (AvgIpc) is 3.10. The molecule has 0 saturated heterocycles. The highest BCUT2D eigenvalue weighted by atomic mass is 32.2. The van der Waals surface area contributed by atoms with Crippen molar-refractivity contribution in [2.24, 2.45) is 0 Å². The number of hydrogen-bond acceptors (Lipinski definition) is 6. The molecule has 2 aromatic carbocycles. The molecule has 0 radical (unpaired) electrons. The average molecular weight is 458 g/mol.